The van der Waals surface area contributed by atoms with Gasteiger partial charge in [0.2, 0.25) is 0 Å². The van der Waals surface area contributed by atoms with E-state index in [1.54, 1.807) is 6.07 Å². The van der Waals surface area contributed by atoms with E-state index in [0.29, 0.717) is 11.3 Å². The van der Waals surface area contributed by atoms with Crippen molar-refractivity contribution in [3.8, 4) is 5.75 Å². The number of carboxylic acids is 1. The van der Waals surface area contributed by atoms with Gasteiger partial charge < -0.3 is 14.9 Å². The molecule has 14 heavy (non-hydrogen) atoms. The fraction of sp³-hybridized carbons (Fsp3) is 0.333. The number of rotatable bonds is 4. The van der Waals surface area contributed by atoms with Crippen LogP contribution in [-0.2, 0) is 11.2 Å². The number of methoxy groups -OCH3 is 1. The summed E-state index contributed by atoms with van der Waals surface area (Å²) in [5.41, 5.74) is 0.624. The van der Waals surface area contributed by atoms with Crippen LogP contribution in [-0.4, -0.2) is 34.4 Å². The van der Waals surface area contributed by atoms with E-state index in [1.807, 2.05) is 0 Å². The monoisotopic (exact) mass is 197 g/mol. The Kier molecular flexibility index (Phi) is 3.41. The molecule has 0 aliphatic heterocycles. The molecular weight excluding hydrogens is 186 g/mol. The van der Waals surface area contributed by atoms with Crippen molar-refractivity contribution in [1.82, 2.24) is 4.98 Å². The summed E-state index contributed by atoms with van der Waals surface area (Å²) in [6.07, 6.45) is 1.63. The lowest BCUT2D eigenvalue weighted by atomic mass is 10.1. The molecular formula is C9H11NO4. The first-order chi connectivity index (χ1) is 6.63. The van der Waals surface area contributed by atoms with Gasteiger partial charge in [0.15, 0.2) is 6.10 Å². The first-order valence-corrected chi connectivity index (χ1v) is 4.02. The van der Waals surface area contributed by atoms with Crippen LogP contribution >= 0.6 is 0 Å². The fourth-order valence-electron chi connectivity index (χ4n) is 0.998. The number of ether oxygens (including phenoxy) is 1. The third kappa shape index (κ3) is 2.70. The molecule has 5 nitrogen and oxygen atoms in total. The zero-order valence-electron chi connectivity index (χ0n) is 7.67. The number of aromatic nitrogens is 1. The first kappa shape index (κ1) is 10.5. The molecule has 0 aromatic carbocycles. The van der Waals surface area contributed by atoms with E-state index < -0.39 is 12.1 Å². The van der Waals surface area contributed by atoms with Gasteiger partial charge in [-0.1, -0.05) is 0 Å². The molecule has 76 valence electrons. The van der Waals surface area contributed by atoms with Crippen molar-refractivity contribution in [2.45, 2.75) is 12.5 Å². The number of aliphatic hydroxyl groups is 1. The molecule has 5 heteroatoms. The van der Waals surface area contributed by atoms with Crippen molar-refractivity contribution in [3.63, 3.8) is 0 Å². The Balaban J connectivity index is 2.71. The highest BCUT2D eigenvalue weighted by molar-refractivity contribution is 5.72. The van der Waals surface area contributed by atoms with E-state index in [1.165, 1.54) is 19.5 Å². The molecule has 0 fully saturated rings. The van der Waals surface area contributed by atoms with Crippen LogP contribution in [0.3, 0.4) is 0 Å². The van der Waals surface area contributed by atoms with Crippen molar-refractivity contribution >= 4 is 5.97 Å². The standard InChI is InChI=1S/C9H11NO4/c1-14-7-2-6(4-10-5-7)3-8(11)9(12)13/h2,4-5,8,11H,3H2,1H3,(H,12,13). The molecule has 1 unspecified atom stereocenters. The Labute approximate surface area is 81.0 Å². The van der Waals surface area contributed by atoms with Gasteiger partial charge in [0, 0.05) is 12.6 Å². The van der Waals surface area contributed by atoms with Gasteiger partial charge in [0.25, 0.3) is 0 Å². The Morgan fingerprint density at radius 1 is 1.64 bits per heavy atom. The molecule has 0 aliphatic rings. The van der Waals surface area contributed by atoms with E-state index in [-0.39, 0.29) is 6.42 Å². The first-order valence-electron chi connectivity index (χ1n) is 4.02. The van der Waals surface area contributed by atoms with Gasteiger partial charge in [-0.3, -0.25) is 4.98 Å². The number of carboxylic acid groups (broad SMARTS) is 1. The van der Waals surface area contributed by atoms with Crippen molar-refractivity contribution in [2.24, 2.45) is 0 Å². The van der Waals surface area contributed by atoms with Gasteiger partial charge in [-0.15, -0.1) is 0 Å². The normalized spacial score (nSPS) is 12.1. The smallest absolute Gasteiger partial charge is 0.332 e. The molecule has 0 spiro atoms. The number of aliphatic carboxylic acids is 1. The molecule has 0 amide bonds. The van der Waals surface area contributed by atoms with Crippen molar-refractivity contribution < 1.29 is 19.7 Å². The van der Waals surface area contributed by atoms with Crippen molar-refractivity contribution in [3.05, 3.63) is 24.0 Å². The zero-order valence-corrected chi connectivity index (χ0v) is 7.67. The maximum atomic E-state index is 10.4. The van der Waals surface area contributed by atoms with Crippen molar-refractivity contribution in [2.75, 3.05) is 7.11 Å². The van der Waals surface area contributed by atoms with Crippen molar-refractivity contribution in [1.29, 1.82) is 0 Å². The zero-order chi connectivity index (χ0) is 10.6. The van der Waals surface area contributed by atoms with Gasteiger partial charge in [-0.25, -0.2) is 4.79 Å². The topological polar surface area (TPSA) is 79.7 Å². The largest absolute Gasteiger partial charge is 0.495 e. The SMILES string of the molecule is COc1cncc(CC(O)C(=O)O)c1. The Bertz CT molecular complexity index is 326. The second kappa shape index (κ2) is 4.57. The summed E-state index contributed by atoms with van der Waals surface area (Å²) in [5, 5.41) is 17.5. The van der Waals surface area contributed by atoms with Crippen LogP contribution in [0.2, 0.25) is 0 Å². The van der Waals surface area contributed by atoms with Crippen LogP contribution in [0.1, 0.15) is 5.56 Å². The van der Waals surface area contributed by atoms with Crippen LogP contribution in [0.4, 0.5) is 0 Å². The van der Waals surface area contributed by atoms with E-state index >= 15 is 0 Å². The minimum atomic E-state index is -1.40. The van der Waals surface area contributed by atoms with Crippen LogP contribution < -0.4 is 4.74 Å². The summed E-state index contributed by atoms with van der Waals surface area (Å²) in [6.45, 7) is 0. The lowest BCUT2D eigenvalue weighted by Crippen LogP contribution is -2.22. The molecule has 1 heterocycles. The number of hydrogen-bond acceptors (Lipinski definition) is 4. The highest BCUT2D eigenvalue weighted by atomic mass is 16.5. The second-order valence-corrected chi connectivity index (χ2v) is 2.79. The maximum absolute atomic E-state index is 10.4. The van der Waals surface area contributed by atoms with Crippen LogP contribution in [0.5, 0.6) is 5.75 Å². The number of nitrogens with zero attached hydrogens (tertiary/aromatic N) is 1. The Morgan fingerprint density at radius 2 is 2.36 bits per heavy atom. The summed E-state index contributed by atoms with van der Waals surface area (Å²) < 4.78 is 4.91. The highest BCUT2D eigenvalue weighted by Crippen LogP contribution is 2.11. The van der Waals surface area contributed by atoms with Crippen LogP contribution in [0.25, 0.3) is 0 Å². The average Bonchev–Trinajstić information content (AvgIpc) is 2.18. The molecule has 0 saturated carbocycles. The number of carbonyl (C=O) groups is 1. The molecule has 0 saturated heterocycles. The summed E-state index contributed by atoms with van der Waals surface area (Å²) in [6, 6.07) is 1.64. The average molecular weight is 197 g/mol. The molecule has 1 aromatic heterocycles. The minimum absolute atomic E-state index is 0.0273. The van der Waals surface area contributed by atoms with E-state index in [4.69, 9.17) is 14.9 Å². The van der Waals surface area contributed by atoms with Gasteiger partial charge >= 0.3 is 5.97 Å². The second-order valence-electron chi connectivity index (χ2n) is 2.79. The molecule has 1 aromatic rings. The molecule has 0 radical (unpaired) electrons. The number of pyridine rings is 1. The molecule has 0 aliphatic carbocycles. The van der Waals surface area contributed by atoms with Gasteiger partial charge in [-0.05, 0) is 11.6 Å². The number of hydrogen-bond donors (Lipinski definition) is 2. The third-order valence-corrected chi connectivity index (χ3v) is 1.72. The van der Waals surface area contributed by atoms with Crippen LogP contribution in [0.15, 0.2) is 18.5 Å². The fourth-order valence-corrected chi connectivity index (χ4v) is 0.998. The summed E-state index contributed by atoms with van der Waals surface area (Å²) in [4.78, 5) is 14.2. The summed E-state index contributed by atoms with van der Waals surface area (Å²) >= 11 is 0. The Morgan fingerprint density at radius 3 is 2.93 bits per heavy atom. The molecule has 1 rings (SSSR count). The molecule has 1 atom stereocenters. The molecule has 0 bridgehead atoms. The maximum Gasteiger partial charge on any atom is 0.332 e. The third-order valence-electron chi connectivity index (χ3n) is 1.72. The van der Waals surface area contributed by atoms with E-state index in [9.17, 15) is 4.79 Å². The minimum Gasteiger partial charge on any atom is -0.495 e. The molecule has 2 N–H and O–H groups in total. The van der Waals surface area contributed by atoms with Crippen LogP contribution in [0, 0.1) is 0 Å². The lowest BCUT2D eigenvalue weighted by Gasteiger charge is -2.06. The highest BCUT2D eigenvalue weighted by Gasteiger charge is 2.13. The van der Waals surface area contributed by atoms with Gasteiger partial charge in [0.1, 0.15) is 5.75 Å². The summed E-state index contributed by atoms with van der Waals surface area (Å²) in [7, 11) is 1.49. The van der Waals surface area contributed by atoms with E-state index in [0.717, 1.165) is 0 Å². The quantitative estimate of drug-likeness (QED) is 0.714. The van der Waals surface area contributed by atoms with Gasteiger partial charge in [-0.2, -0.15) is 0 Å². The lowest BCUT2D eigenvalue weighted by molar-refractivity contribution is -0.146. The predicted octanol–water partition coefficient (Wildman–Crippen LogP) is 0.0782. The van der Waals surface area contributed by atoms with E-state index in [2.05, 4.69) is 4.98 Å². The Hall–Kier alpha value is -1.62. The predicted molar refractivity (Wildman–Crippen MR) is 48.1 cm³/mol. The summed E-state index contributed by atoms with van der Waals surface area (Å²) in [5.74, 6) is -0.701. The van der Waals surface area contributed by atoms with Gasteiger partial charge in [0.05, 0.1) is 13.3 Å². The number of aliphatic hydroxyl groups excluding tert-OH is 1.